The Hall–Kier alpha value is 0.244. The zero-order valence-corrected chi connectivity index (χ0v) is 10.2. The minimum atomic E-state index is -0.841. The van der Waals surface area contributed by atoms with E-state index in [1.165, 1.54) is 6.92 Å². The van der Waals surface area contributed by atoms with Gasteiger partial charge in [0, 0.05) is 39.6 Å². The third kappa shape index (κ3) is 10.2. The molecule has 0 aliphatic heterocycles. The van der Waals surface area contributed by atoms with Crippen molar-refractivity contribution in [3.8, 4) is 0 Å². The van der Waals surface area contributed by atoms with Gasteiger partial charge in [-0.2, -0.15) is 0 Å². The Morgan fingerprint density at radius 2 is 1.82 bits per heavy atom. The summed E-state index contributed by atoms with van der Waals surface area (Å²) in [4.78, 5) is 20.4. The molecule has 3 nitrogen and oxygen atoms in total. The van der Waals surface area contributed by atoms with Crippen LogP contribution in [0.25, 0.3) is 0 Å². The Morgan fingerprint density at radius 3 is 1.91 bits per heavy atom. The molecule has 0 aromatic rings. The van der Waals surface area contributed by atoms with Crippen molar-refractivity contribution in [2.75, 3.05) is 0 Å². The molecule has 1 N–H and O–H groups in total. The first-order valence-electron chi connectivity index (χ1n) is 2.66. The van der Waals surface area contributed by atoms with Gasteiger partial charge in [0.25, 0.3) is 0 Å². The maximum Gasteiger partial charge on any atom is 0.215 e. The van der Waals surface area contributed by atoms with E-state index in [0.717, 1.165) is 0 Å². The van der Waals surface area contributed by atoms with E-state index in [4.69, 9.17) is 0 Å². The molecule has 0 bridgehead atoms. The third-order valence-electron chi connectivity index (χ3n) is 0.744. The maximum absolute atomic E-state index is 10.3. The largest absolute Gasteiger partial charge is 0.540 e. The van der Waals surface area contributed by atoms with Crippen molar-refractivity contribution < 1.29 is 42.3 Å². The molecule has 0 saturated carbocycles. The van der Waals surface area contributed by atoms with Crippen LogP contribution in [0.15, 0.2) is 0 Å². The van der Waals surface area contributed by atoms with Gasteiger partial charge in [-0.25, -0.2) is 6.29 Å². The molecule has 0 rings (SSSR count). The van der Waals surface area contributed by atoms with Gasteiger partial charge in [0.2, 0.25) is 5.91 Å². The molecule has 0 spiro atoms. The summed E-state index contributed by atoms with van der Waals surface area (Å²) in [7, 11) is 0. The summed E-state index contributed by atoms with van der Waals surface area (Å²) in [6, 6.07) is 0. The average Bonchev–Trinajstić information content (AvgIpc) is 1.63. The van der Waals surface area contributed by atoms with Crippen LogP contribution in [0.4, 0.5) is 0 Å². The molecule has 11 heavy (non-hydrogen) atoms. The maximum atomic E-state index is 10.3. The molecule has 0 unspecified atom stereocenters. The molecular formula is C7H13NO2Y-2. The van der Waals surface area contributed by atoms with E-state index in [9.17, 15) is 9.59 Å². The predicted octanol–water partition coefficient (Wildman–Crippen LogP) is 0.459. The fourth-order valence-electron chi connectivity index (χ4n) is 0.466. The summed E-state index contributed by atoms with van der Waals surface area (Å²) in [5, 5.41) is 2.41. The van der Waals surface area contributed by atoms with Gasteiger partial charge in [-0.1, -0.05) is 19.4 Å². The standard InChI is InChI=1S/C6H10NO2.CH3.Y/c1-5(9)7-6(2,3)4-8;;/h1-3H3,(H,7,9);1H3;/q2*-1;. The number of amides is 1. The molecule has 0 saturated heterocycles. The fraction of sp³-hybridized carbons (Fsp3) is 0.571. The molecule has 0 aromatic carbocycles. The van der Waals surface area contributed by atoms with Crippen molar-refractivity contribution in [2.24, 2.45) is 0 Å². The van der Waals surface area contributed by atoms with Crippen molar-refractivity contribution in [1.29, 1.82) is 0 Å². The zero-order chi connectivity index (χ0) is 7.49. The smallest absolute Gasteiger partial charge is 0.215 e. The van der Waals surface area contributed by atoms with E-state index >= 15 is 0 Å². The van der Waals surface area contributed by atoms with Crippen molar-refractivity contribution >= 4 is 12.2 Å². The summed E-state index contributed by atoms with van der Waals surface area (Å²) in [6.45, 7) is 4.53. The second kappa shape index (κ2) is 6.92. The monoisotopic (exact) mass is 232 g/mol. The number of rotatable bonds is 2. The molecule has 1 amide bonds. The Kier molecular flexibility index (Phi) is 10.9. The predicted molar refractivity (Wildman–Crippen MR) is 40.0 cm³/mol. The van der Waals surface area contributed by atoms with Crippen molar-refractivity contribution in [2.45, 2.75) is 26.3 Å². The van der Waals surface area contributed by atoms with Gasteiger partial charge in [-0.15, -0.1) is 0 Å². The van der Waals surface area contributed by atoms with Gasteiger partial charge < -0.3 is 17.5 Å². The first-order chi connectivity index (χ1) is 3.98. The summed E-state index contributed by atoms with van der Waals surface area (Å²) < 4.78 is 0. The minimum absolute atomic E-state index is 0. The van der Waals surface area contributed by atoms with Crippen molar-refractivity contribution in [3.63, 3.8) is 0 Å². The fourth-order valence-corrected chi connectivity index (χ4v) is 0.466. The molecule has 1 radical (unpaired) electrons. The Morgan fingerprint density at radius 1 is 1.45 bits per heavy atom. The number of hydrogen-bond acceptors (Lipinski definition) is 2. The van der Waals surface area contributed by atoms with Gasteiger partial charge in [0.1, 0.15) is 0 Å². The normalized spacial score (nSPS) is 8.64. The number of hydrogen-bond donors (Lipinski definition) is 1. The molecule has 0 fully saturated rings. The van der Waals surface area contributed by atoms with Crippen LogP contribution in [0.3, 0.4) is 0 Å². The Labute approximate surface area is 93.2 Å². The Balaban J connectivity index is -0.000000320. The van der Waals surface area contributed by atoms with E-state index in [1.807, 2.05) is 0 Å². The SMILES string of the molecule is CC(=O)NC(C)(C)[C-]=O.[CH3-].[Y]. The van der Waals surface area contributed by atoms with Crippen LogP contribution in [0.2, 0.25) is 0 Å². The van der Waals surface area contributed by atoms with Crippen LogP contribution in [-0.4, -0.2) is 17.7 Å². The topological polar surface area (TPSA) is 46.2 Å². The van der Waals surface area contributed by atoms with Crippen LogP contribution in [-0.2, 0) is 42.3 Å². The summed E-state index contributed by atoms with van der Waals surface area (Å²) in [6.07, 6.45) is 1.69. The van der Waals surface area contributed by atoms with Gasteiger partial charge in [-0.05, 0) is 0 Å². The zero-order valence-electron chi connectivity index (χ0n) is 7.39. The number of carbonyl (C=O) groups is 1. The van der Waals surface area contributed by atoms with Crippen LogP contribution < -0.4 is 5.32 Å². The molecule has 4 heteroatoms. The summed E-state index contributed by atoms with van der Waals surface area (Å²) in [5.74, 6) is -0.219. The van der Waals surface area contributed by atoms with Gasteiger partial charge >= 0.3 is 0 Å². The molecule has 0 atom stereocenters. The van der Waals surface area contributed by atoms with Gasteiger partial charge in [-0.3, -0.25) is 4.79 Å². The van der Waals surface area contributed by atoms with Crippen LogP contribution in [0, 0.1) is 7.43 Å². The summed E-state index contributed by atoms with van der Waals surface area (Å²) >= 11 is 0. The first kappa shape index (κ1) is 17.4. The Bertz CT molecular complexity index is 134. The molecule has 0 heterocycles. The number of carbonyl (C=O) groups excluding carboxylic acids is 2. The van der Waals surface area contributed by atoms with Crippen molar-refractivity contribution in [1.82, 2.24) is 5.32 Å². The summed E-state index contributed by atoms with van der Waals surface area (Å²) in [5.41, 5.74) is -0.841. The molecular weight excluding hydrogens is 219 g/mol. The van der Waals surface area contributed by atoms with E-state index in [1.54, 1.807) is 20.1 Å². The molecule has 63 valence electrons. The minimum Gasteiger partial charge on any atom is -0.540 e. The molecule has 0 aliphatic rings. The van der Waals surface area contributed by atoms with Crippen LogP contribution in [0.1, 0.15) is 20.8 Å². The van der Waals surface area contributed by atoms with E-state index in [-0.39, 0.29) is 46.0 Å². The van der Waals surface area contributed by atoms with E-state index in [2.05, 4.69) is 5.32 Å². The first-order valence-corrected chi connectivity index (χ1v) is 2.66. The van der Waals surface area contributed by atoms with Crippen molar-refractivity contribution in [3.05, 3.63) is 7.43 Å². The number of nitrogens with one attached hydrogen (secondary N) is 1. The van der Waals surface area contributed by atoms with Crippen LogP contribution in [0.5, 0.6) is 0 Å². The van der Waals surface area contributed by atoms with E-state index in [0.29, 0.717) is 0 Å². The average molecular weight is 232 g/mol. The van der Waals surface area contributed by atoms with E-state index < -0.39 is 5.54 Å². The second-order valence-electron chi connectivity index (χ2n) is 2.41. The quantitative estimate of drug-likeness (QED) is 0.703. The molecule has 0 aromatic heterocycles. The second-order valence-corrected chi connectivity index (χ2v) is 2.41. The van der Waals surface area contributed by atoms with Crippen LogP contribution >= 0.6 is 0 Å². The molecule has 0 aliphatic carbocycles. The third-order valence-corrected chi connectivity index (χ3v) is 0.744. The van der Waals surface area contributed by atoms with Gasteiger partial charge in [0.15, 0.2) is 0 Å². The van der Waals surface area contributed by atoms with Gasteiger partial charge in [0.05, 0.1) is 0 Å².